The fourth-order valence-corrected chi connectivity index (χ4v) is 3.03. The highest BCUT2D eigenvalue weighted by Gasteiger charge is 2.18. The Morgan fingerprint density at radius 2 is 2.11 bits per heavy atom. The van der Waals surface area contributed by atoms with Crippen LogP contribution in [-0.4, -0.2) is 48.4 Å². The molecule has 1 amide bonds. The molecule has 0 spiro atoms. The first-order valence-corrected chi connectivity index (χ1v) is 7.26. The summed E-state index contributed by atoms with van der Waals surface area (Å²) in [6.07, 6.45) is 0. The molecule has 1 saturated heterocycles. The Kier molecular flexibility index (Phi) is 4.97. The minimum atomic E-state index is 0.176. The minimum Gasteiger partial charge on any atom is -0.340 e. The second-order valence-electron chi connectivity index (χ2n) is 4.55. The number of rotatable bonds is 2. The lowest BCUT2D eigenvalue weighted by atomic mass is 10.3. The molecule has 0 aliphatic carbocycles. The lowest BCUT2D eigenvalue weighted by molar-refractivity contribution is -0.130. The van der Waals surface area contributed by atoms with Crippen LogP contribution in [0.5, 0.6) is 0 Å². The van der Waals surface area contributed by atoms with E-state index in [2.05, 4.69) is 28.9 Å². The summed E-state index contributed by atoms with van der Waals surface area (Å²) in [5, 5.41) is 0. The summed E-state index contributed by atoms with van der Waals surface area (Å²) in [6, 6.07) is 4.18. The number of carbonyl (C=O) groups excluding carboxylic acids is 1. The van der Waals surface area contributed by atoms with Gasteiger partial charge in [-0.25, -0.2) is 0 Å². The quantitative estimate of drug-likeness (QED) is 0.811. The number of hydrogen-bond donors (Lipinski definition) is 1. The van der Waals surface area contributed by atoms with Crippen molar-refractivity contribution >= 4 is 17.2 Å². The van der Waals surface area contributed by atoms with E-state index < -0.39 is 0 Å². The van der Waals surface area contributed by atoms with Gasteiger partial charge in [-0.15, -0.1) is 11.3 Å². The monoisotopic (exact) mass is 277 g/mol. The third-order valence-electron chi connectivity index (χ3n) is 3.17. The second-order valence-corrected chi connectivity index (χ2v) is 5.72. The lowest BCUT2D eigenvalue weighted by Gasteiger charge is -2.33. The standard InChI is InChI=1S/C14H19N3OS/c1-12(18)17-9-7-16(8-10-17)11-14-5-4-13(19-14)3-2-6-15/h4-5H,6-11,15H2,1H3. The molecule has 2 N–H and O–H groups in total. The minimum absolute atomic E-state index is 0.176. The summed E-state index contributed by atoms with van der Waals surface area (Å²) in [7, 11) is 0. The van der Waals surface area contributed by atoms with Crippen LogP contribution in [0.3, 0.4) is 0 Å². The zero-order valence-electron chi connectivity index (χ0n) is 11.2. The molecule has 1 aliphatic heterocycles. The van der Waals surface area contributed by atoms with Crippen molar-refractivity contribution in [1.29, 1.82) is 0 Å². The molecule has 1 fully saturated rings. The van der Waals surface area contributed by atoms with Crippen LogP contribution in [0.25, 0.3) is 0 Å². The number of nitrogens with two attached hydrogens (primary N) is 1. The number of piperazine rings is 1. The summed E-state index contributed by atoms with van der Waals surface area (Å²) in [5.74, 6) is 6.10. The largest absolute Gasteiger partial charge is 0.340 e. The predicted molar refractivity (Wildman–Crippen MR) is 77.8 cm³/mol. The Bertz CT molecular complexity index is 492. The van der Waals surface area contributed by atoms with Crippen molar-refractivity contribution in [3.8, 4) is 11.8 Å². The molecule has 0 atom stereocenters. The Balaban J connectivity index is 1.85. The normalized spacial score (nSPS) is 16.0. The van der Waals surface area contributed by atoms with E-state index in [1.807, 2.05) is 4.90 Å². The molecular formula is C14H19N3OS. The predicted octanol–water partition coefficient (Wildman–Crippen LogP) is 0.722. The van der Waals surface area contributed by atoms with Crippen LogP contribution in [0, 0.1) is 11.8 Å². The maximum atomic E-state index is 11.3. The highest BCUT2D eigenvalue weighted by Crippen LogP contribution is 2.18. The van der Waals surface area contributed by atoms with E-state index in [9.17, 15) is 4.79 Å². The zero-order chi connectivity index (χ0) is 13.7. The van der Waals surface area contributed by atoms with Crippen LogP contribution < -0.4 is 5.73 Å². The molecule has 5 heteroatoms. The van der Waals surface area contributed by atoms with E-state index in [1.54, 1.807) is 18.3 Å². The van der Waals surface area contributed by atoms with Gasteiger partial charge in [-0.3, -0.25) is 9.69 Å². The van der Waals surface area contributed by atoms with E-state index in [0.29, 0.717) is 6.54 Å². The lowest BCUT2D eigenvalue weighted by Crippen LogP contribution is -2.47. The summed E-state index contributed by atoms with van der Waals surface area (Å²) in [5.41, 5.74) is 5.36. The van der Waals surface area contributed by atoms with Gasteiger partial charge in [0, 0.05) is 44.5 Å². The van der Waals surface area contributed by atoms with E-state index >= 15 is 0 Å². The molecule has 102 valence electrons. The van der Waals surface area contributed by atoms with Crippen LogP contribution in [-0.2, 0) is 11.3 Å². The highest BCUT2D eigenvalue weighted by molar-refractivity contribution is 7.12. The second kappa shape index (κ2) is 6.71. The van der Waals surface area contributed by atoms with Gasteiger partial charge in [0.2, 0.25) is 5.91 Å². The van der Waals surface area contributed by atoms with Crippen molar-refractivity contribution in [2.24, 2.45) is 5.73 Å². The van der Waals surface area contributed by atoms with Crippen LogP contribution in [0.4, 0.5) is 0 Å². The van der Waals surface area contributed by atoms with Crippen LogP contribution in [0.2, 0.25) is 0 Å². The van der Waals surface area contributed by atoms with Crippen molar-refractivity contribution < 1.29 is 4.79 Å². The van der Waals surface area contributed by atoms with Gasteiger partial charge in [0.1, 0.15) is 0 Å². The molecule has 19 heavy (non-hydrogen) atoms. The van der Waals surface area contributed by atoms with Crippen molar-refractivity contribution in [2.75, 3.05) is 32.7 Å². The third kappa shape index (κ3) is 4.06. The van der Waals surface area contributed by atoms with Gasteiger partial charge in [-0.1, -0.05) is 11.8 Å². The van der Waals surface area contributed by atoms with E-state index in [-0.39, 0.29) is 5.91 Å². The number of amides is 1. The summed E-state index contributed by atoms with van der Waals surface area (Å²) in [6.45, 7) is 6.54. The van der Waals surface area contributed by atoms with Crippen LogP contribution in [0.15, 0.2) is 12.1 Å². The molecular weight excluding hydrogens is 258 g/mol. The van der Waals surface area contributed by atoms with Gasteiger partial charge in [0.15, 0.2) is 0 Å². The molecule has 1 aliphatic rings. The van der Waals surface area contributed by atoms with Gasteiger partial charge in [0.25, 0.3) is 0 Å². The zero-order valence-corrected chi connectivity index (χ0v) is 12.0. The fourth-order valence-electron chi connectivity index (χ4n) is 2.11. The van der Waals surface area contributed by atoms with E-state index in [4.69, 9.17) is 5.73 Å². The number of thiophene rings is 1. The summed E-state index contributed by atoms with van der Waals surface area (Å²) in [4.78, 5) is 17.9. The van der Waals surface area contributed by atoms with Gasteiger partial charge in [0.05, 0.1) is 11.4 Å². The van der Waals surface area contributed by atoms with Crippen molar-refractivity contribution in [2.45, 2.75) is 13.5 Å². The Morgan fingerprint density at radius 3 is 2.74 bits per heavy atom. The average Bonchev–Trinajstić information content (AvgIpc) is 2.84. The van der Waals surface area contributed by atoms with Crippen molar-refractivity contribution in [1.82, 2.24) is 9.80 Å². The van der Waals surface area contributed by atoms with Crippen molar-refractivity contribution in [3.05, 3.63) is 21.9 Å². The maximum Gasteiger partial charge on any atom is 0.219 e. The number of hydrogen-bond acceptors (Lipinski definition) is 4. The molecule has 4 nitrogen and oxygen atoms in total. The molecule has 0 unspecified atom stereocenters. The smallest absolute Gasteiger partial charge is 0.219 e. The van der Waals surface area contributed by atoms with E-state index in [1.165, 1.54) is 4.88 Å². The molecule has 0 radical (unpaired) electrons. The number of carbonyl (C=O) groups is 1. The van der Waals surface area contributed by atoms with Crippen molar-refractivity contribution in [3.63, 3.8) is 0 Å². The first kappa shape index (κ1) is 14.1. The van der Waals surface area contributed by atoms with Gasteiger partial charge in [-0.05, 0) is 12.1 Å². The first-order chi connectivity index (χ1) is 9.19. The highest BCUT2D eigenvalue weighted by atomic mass is 32.1. The fraction of sp³-hybridized carbons (Fsp3) is 0.500. The van der Waals surface area contributed by atoms with E-state index in [0.717, 1.165) is 37.6 Å². The van der Waals surface area contributed by atoms with Gasteiger partial charge < -0.3 is 10.6 Å². The van der Waals surface area contributed by atoms with Crippen LogP contribution in [0.1, 0.15) is 16.7 Å². The molecule has 1 aromatic rings. The van der Waals surface area contributed by atoms with Crippen LogP contribution >= 0.6 is 11.3 Å². The first-order valence-electron chi connectivity index (χ1n) is 6.44. The van der Waals surface area contributed by atoms with Gasteiger partial charge in [-0.2, -0.15) is 0 Å². The number of nitrogens with zero attached hydrogens (tertiary/aromatic N) is 2. The SMILES string of the molecule is CC(=O)N1CCN(Cc2ccc(C#CCN)s2)CC1. The molecule has 0 saturated carbocycles. The molecule has 0 aromatic carbocycles. The summed E-state index contributed by atoms with van der Waals surface area (Å²) >= 11 is 1.72. The molecule has 0 bridgehead atoms. The average molecular weight is 277 g/mol. The topological polar surface area (TPSA) is 49.6 Å². The molecule has 2 heterocycles. The Morgan fingerprint density at radius 1 is 1.37 bits per heavy atom. The Labute approximate surface area is 118 Å². The molecule has 1 aromatic heterocycles. The molecule has 2 rings (SSSR count). The maximum absolute atomic E-state index is 11.3. The van der Waals surface area contributed by atoms with Gasteiger partial charge >= 0.3 is 0 Å². The third-order valence-corrected chi connectivity index (χ3v) is 4.16. The Hall–Kier alpha value is -1.35. The summed E-state index contributed by atoms with van der Waals surface area (Å²) < 4.78 is 0.